The van der Waals surface area contributed by atoms with Crippen LogP contribution in [0, 0.1) is 11.3 Å². The number of carboxylic acids is 1. The van der Waals surface area contributed by atoms with Gasteiger partial charge in [-0.2, -0.15) is 0 Å². The summed E-state index contributed by atoms with van der Waals surface area (Å²) in [6, 6.07) is 9.30. The molecule has 9 nitrogen and oxygen atoms in total. The number of amides is 2. The van der Waals surface area contributed by atoms with Crippen molar-refractivity contribution in [1.82, 2.24) is 9.80 Å². The van der Waals surface area contributed by atoms with E-state index in [1.807, 2.05) is 30.3 Å². The molecule has 0 bridgehead atoms. The third-order valence-electron chi connectivity index (χ3n) is 6.25. The number of hydrogen-bond donors (Lipinski definition) is 1. The fraction of sp³-hybridized carbons (Fsp3) is 0.591. The van der Waals surface area contributed by atoms with E-state index in [0.717, 1.165) is 5.56 Å². The highest BCUT2D eigenvalue weighted by Crippen LogP contribution is 2.54. The second kappa shape index (κ2) is 7.40. The van der Waals surface area contributed by atoms with Crippen molar-refractivity contribution in [2.45, 2.75) is 38.6 Å². The van der Waals surface area contributed by atoms with E-state index in [1.54, 1.807) is 20.8 Å². The van der Waals surface area contributed by atoms with Crippen LogP contribution < -0.4 is 0 Å². The molecular weight excluding hydrogens is 404 g/mol. The van der Waals surface area contributed by atoms with Crippen LogP contribution in [0.5, 0.6) is 0 Å². The first-order chi connectivity index (χ1) is 14.5. The Bertz CT molecular complexity index is 876. The molecule has 0 saturated carbocycles. The second-order valence-corrected chi connectivity index (χ2v) is 9.62. The number of nitrogens with zero attached hydrogens (tertiary/aromatic N) is 2. The number of carbonyl (C=O) groups excluding carboxylic acids is 2. The molecule has 1 aromatic carbocycles. The zero-order valence-electron chi connectivity index (χ0n) is 18.0. The SMILES string of the molecule is CC(C)(C)OC(=O)N1CC2(C1)OC[C@]1(C(=O)O)CN(C(=O)OCc3ccccc3)C[C@H]21. The Morgan fingerprint density at radius 2 is 1.77 bits per heavy atom. The van der Waals surface area contributed by atoms with Crippen LogP contribution >= 0.6 is 0 Å². The number of aliphatic carboxylic acids is 1. The highest BCUT2D eigenvalue weighted by Gasteiger charge is 2.70. The number of carbonyl (C=O) groups is 3. The maximum Gasteiger partial charge on any atom is 0.410 e. The third-order valence-corrected chi connectivity index (χ3v) is 6.25. The molecule has 31 heavy (non-hydrogen) atoms. The number of fused-ring (bicyclic) bond motifs is 2. The largest absolute Gasteiger partial charge is 0.481 e. The predicted molar refractivity (Wildman–Crippen MR) is 108 cm³/mol. The third kappa shape index (κ3) is 3.82. The van der Waals surface area contributed by atoms with Gasteiger partial charge in [0, 0.05) is 19.0 Å². The fourth-order valence-electron chi connectivity index (χ4n) is 4.69. The Kier molecular flexibility index (Phi) is 5.12. The molecular formula is C22H28N2O7. The van der Waals surface area contributed by atoms with Crippen molar-refractivity contribution in [1.29, 1.82) is 0 Å². The highest BCUT2D eigenvalue weighted by molar-refractivity contribution is 5.80. The van der Waals surface area contributed by atoms with Crippen LogP contribution in [0.15, 0.2) is 30.3 Å². The molecule has 3 saturated heterocycles. The zero-order chi connectivity index (χ0) is 22.4. The summed E-state index contributed by atoms with van der Waals surface area (Å²) in [6.07, 6.45) is -0.996. The van der Waals surface area contributed by atoms with E-state index in [4.69, 9.17) is 14.2 Å². The molecule has 3 fully saturated rings. The lowest BCUT2D eigenvalue weighted by Gasteiger charge is -2.50. The summed E-state index contributed by atoms with van der Waals surface area (Å²) in [6.45, 7) is 6.21. The zero-order valence-corrected chi connectivity index (χ0v) is 18.0. The van der Waals surface area contributed by atoms with Crippen molar-refractivity contribution in [2.24, 2.45) is 11.3 Å². The van der Waals surface area contributed by atoms with Gasteiger partial charge in [0.05, 0.1) is 19.7 Å². The lowest BCUT2D eigenvalue weighted by Crippen LogP contribution is -2.68. The first-order valence-corrected chi connectivity index (χ1v) is 10.4. The van der Waals surface area contributed by atoms with E-state index in [9.17, 15) is 19.5 Å². The van der Waals surface area contributed by atoms with Gasteiger partial charge >= 0.3 is 18.2 Å². The lowest BCUT2D eigenvalue weighted by molar-refractivity contribution is -0.149. The van der Waals surface area contributed by atoms with E-state index in [2.05, 4.69) is 0 Å². The number of ether oxygens (including phenoxy) is 3. The molecule has 2 atom stereocenters. The quantitative estimate of drug-likeness (QED) is 0.781. The van der Waals surface area contributed by atoms with Gasteiger partial charge in [0.1, 0.15) is 23.2 Å². The standard InChI is InChI=1S/C22H28N2O7/c1-20(2,3)31-19(28)24-12-22(13-24)16-9-23(11-21(16,14-30-22)17(25)26)18(27)29-10-15-7-5-4-6-8-15/h4-8,16H,9-14H2,1-3H3,(H,25,26)/t16-,21+/m0/s1. The summed E-state index contributed by atoms with van der Waals surface area (Å²) in [5.41, 5.74) is -1.75. The Labute approximate surface area is 180 Å². The van der Waals surface area contributed by atoms with Gasteiger partial charge in [0.2, 0.25) is 0 Å². The predicted octanol–water partition coefficient (Wildman–Crippen LogP) is 2.35. The summed E-state index contributed by atoms with van der Waals surface area (Å²) in [5, 5.41) is 10.00. The molecule has 9 heteroatoms. The van der Waals surface area contributed by atoms with Gasteiger partial charge in [-0.15, -0.1) is 0 Å². The van der Waals surface area contributed by atoms with Gasteiger partial charge in [0.25, 0.3) is 0 Å². The molecule has 2 amide bonds. The minimum Gasteiger partial charge on any atom is -0.481 e. The maximum absolute atomic E-state index is 12.6. The van der Waals surface area contributed by atoms with Gasteiger partial charge in [-0.3, -0.25) is 4.79 Å². The number of carboxylic acid groups (broad SMARTS) is 1. The minimum atomic E-state index is -1.20. The number of hydrogen-bond acceptors (Lipinski definition) is 6. The molecule has 3 heterocycles. The van der Waals surface area contributed by atoms with Crippen LogP contribution in [-0.2, 0) is 25.6 Å². The van der Waals surface area contributed by atoms with E-state index >= 15 is 0 Å². The second-order valence-electron chi connectivity index (χ2n) is 9.62. The minimum absolute atomic E-state index is 0.00236. The van der Waals surface area contributed by atoms with Crippen LogP contribution in [0.4, 0.5) is 9.59 Å². The van der Waals surface area contributed by atoms with Crippen LogP contribution in [0.3, 0.4) is 0 Å². The van der Waals surface area contributed by atoms with Crippen molar-refractivity contribution in [2.75, 3.05) is 32.8 Å². The first kappa shape index (κ1) is 21.4. The molecule has 4 rings (SSSR count). The van der Waals surface area contributed by atoms with Crippen molar-refractivity contribution in [3.8, 4) is 0 Å². The van der Waals surface area contributed by atoms with E-state index < -0.39 is 40.7 Å². The summed E-state index contributed by atoms with van der Waals surface area (Å²) in [7, 11) is 0. The van der Waals surface area contributed by atoms with Gasteiger partial charge in [-0.05, 0) is 26.3 Å². The van der Waals surface area contributed by atoms with Crippen molar-refractivity contribution in [3.05, 3.63) is 35.9 Å². The van der Waals surface area contributed by atoms with Gasteiger partial charge in [0.15, 0.2) is 0 Å². The van der Waals surface area contributed by atoms with Gasteiger partial charge in [-0.25, -0.2) is 9.59 Å². The molecule has 1 spiro atoms. The van der Waals surface area contributed by atoms with E-state index in [1.165, 1.54) is 9.80 Å². The van der Waals surface area contributed by atoms with Crippen LogP contribution in [0.25, 0.3) is 0 Å². The normalized spacial score (nSPS) is 26.4. The van der Waals surface area contributed by atoms with Crippen LogP contribution in [0.2, 0.25) is 0 Å². The molecule has 3 aliphatic rings. The van der Waals surface area contributed by atoms with Gasteiger partial charge < -0.3 is 29.1 Å². The Morgan fingerprint density at radius 3 is 2.39 bits per heavy atom. The Balaban J connectivity index is 1.42. The van der Waals surface area contributed by atoms with Gasteiger partial charge in [-0.1, -0.05) is 30.3 Å². The molecule has 1 aromatic rings. The van der Waals surface area contributed by atoms with Crippen LogP contribution in [-0.4, -0.2) is 77.1 Å². The fourth-order valence-corrected chi connectivity index (χ4v) is 4.69. The highest BCUT2D eigenvalue weighted by atomic mass is 16.6. The van der Waals surface area contributed by atoms with Crippen LogP contribution in [0.1, 0.15) is 26.3 Å². The Hall–Kier alpha value is -2.81. The van der Waals surface area contributed by atoms with E-state index in [0.29, 0.717) is 0 Å². The number of likely N-dealkylation sites (tertiary alicyclic amines) is 2. The van der Waals surface area contributed by atoms with Crippen molar-refractivity contribution in [3.63, 3.8) is 0 Å². The summed E-state index contributed by atoms with van der Waals surface area (Å²) in [5.74, 6) is -1.43. The summed E-state index contributed by atoms with van der Waals surface area (Å²) >= 11 is 0. The molecule has 1 N–H and O–H groups in total. The molecule has 0 aliphatic carbocycles. The monoisotopic (exact) mass is 432 g/mol. The smallest absolute Gasteiger partial charge is 0.410 e. The lowest BCUT2D eigenvalue weighted by atomic mass is 9.69. The first-order valence-electron chi connectivity index (χ1n) is 10.4. The Morgan fingerprint density at radius 1 is 1.10 bits per heavy atom. The number of rotatable bonds is 3. The average Bonchev–Trinajstić information content (AvgIpc) is 3.20. The molecule has 0 unspecified atom stereocenters. The molecule has 0 radical (unpaired) electrons. The molecule has 0 aromatic heterocycles. The summed E-state index contributed by atoms with van der Waals surface area (Å²) < 4.78 is 16.8. The maximum atomic E-state index is 12.6. The molecule has 168 valence electrons. The number of benzene rings is 1. The topological polar surface area (TPSA) is 106 Å². The van der Waals surface area contributed by atoms with Crippen molar-refractivity contribution < 1.29 is 33.7 Å². The van der Waals surface area contributed by atoms with E-state index in [-0.39, 0.29) is 39.4 Å². The van der Waals surface area contributed by atoms with Crippen molar-refractivity contribution >= 4 is 18.2 Å². The average molecular weight is 432 g/mol. The summed E-state index contributed by atoms with van der Waals surface area (Å²) in [4.78, 5) is 40.2. The molecule has 3 aliphatic heterocycles.